The van der Waals surface area contributed by atoms with Gasteiger partial charge in [-0.1, -0.05) is 35.9 Å². The Kier molecular flexibility index (Phi) is 10.2. The Balaban J connectivity index is 0.000000154. The zero-order valence-electron chi connectivity index (χ0n) is 18.6. The van der Waals surface area contributed by atoms with Gasteiger partial charge in [0.2, 0.25) is 0 Å². The van der Waals surface area contributed by atoms with E-state index in [4.69, 9.17) is 0 Å². The van der Waals surface area contributed by atoms with Gasteiger partial charge >= 0.3 is 20.1 Å². The van der Waals surface area contributed by atoms with Gasteiger partial charge in [-0.15, -0.1) is 12.1 Å². The molecule has 14 heteroatoms. The largest absolute Gasteiger partial charge is 3.00 e. The van der Waals surface area contributed by atoms with E-state index in [1.807, 2.05) is 24.3 Å². The zero-order valence-corrected chi connectivity index (χ0v) is 21.0. The van der Waals surface area contributed by atoms with Gasteiger partial charge in [-0.05, 0) is 36.0 Å². The minimum atomic E-state index is -0.649. The molecule has 0 radical (unpaired) electrons. The van der Waals surface area contributed by atoms with Crippen molar-refractivity contribution in [3.8, 4) is 34.3 Å². The summed E-state index contributed by atoms with van der Waals surface area (Å²) in [6, 6.07) is 20.5. The van der Waals surface area contributed by atoms with E-state index in [-0.39, 0.29) is 25.7 Å². The second-order valence-corrected chi connectivity index (χ2v) is 6.59. The van der Waals surface area contributed by atoms with E-state index in [2.05, 4.69) is 62.3 Å². The molecular weight excluding hydrogens is 661 g/mol. The van der Waals surface area contributed by atoms with E-state index in [0.717, 1.165) is 12.1 Å². The van der Waals surface area contributed by atoms with Crippen LogP contribution >= 0.6 is 0 Å². The van der Waals surface area contributed by atoms with Gasteiger partial charge in [0.05, 0.1) is 23.0 Å². The Bertz CT molecular complexity index is 1370. The molecule has 5 heterocycles. The number of rotatable bonds is 3. The van der Waals surface area contributed by atoms with Gasteiger partial charge in [-0.2, -0.15) is 10.4 Å². The van der Waals surface area contributed by atoms with Crippen LogP contribution < -0.4 is 10.2 Å². The molecule has 6 rings (SSSR count). The summed E-state index contributed by atoms with van der Waals surface area (Å²) in [4.78, 5) is 12.0. The van der Waals surface area contributed by atoms with Gasteiger partial charge in [0, 0.05) is 30.2 Å². The Morgan fingerprint density at radius 3 is 1.51 bits per heavy atom. The fourth-order valence-electron chi connectivity index (χ4n) is 2.64. The molecule has 0 N–H and O–H groups in total. The van der Waals surface area contributed by atoms with E-state index >= 15 is 0 Å². The molecule has 0 aliphatic heterocycles. The first-order valence-corrected chi connectivity index (χ1v) is 10.2. The topological polar surface area (TPSA) is 144 Å². The molecule has 37 heavy (non-hydrogen) atoms. The molecule has 0 fully saturated rings. The Hall–Kier alpha value is -4.68. The molecule has 0 bridgehead atoms. The first-order chi connectivity index (χ1) is 17.7. The molecule has 11 nitrogen and oxygen atoms in total. The van der Waals surface area contributed by atoms with E-state index in [1.165, 1.54) is 0 Å². The van der Waals surface area contributed by atoms with Gasteiger partial charge in [-0.25, -0.2) is 0 Å². The van der Waals surface area contributed by atoms with Crippen molar-refractivity contribution in [3.63, 3.8) is 0 Å². The molecule has 184 valence electrons. The van der Waals surface area contributed by atoms with Crippen LogP contribution in [-0.4, -0.2) is 46.0 Å². The van der Waals surface area contributed by atoms with Crippen molar-refractivity contribution in [2.24, 2.45) is 0 Å². The molecule has 0 unspecified atom stereocenters. The van der Waals surface area contributed by atoms with Crippen LogP contribution in [0.5, 0.6) is 0 Å². The normalized spacial score (nSPS) is 9.68. The molecular formula is C23H14F2IrN11. The van der Waals surface area contributed by atoms with E-state index in [1.54, 1.807) is 48.9 Å². The predicted octanol–water partition coefficient (Wildman–Crippen LogP) is 2.61. The second-order valence-electron chi connectivity index (χ2n) is 6.59. The summed E-state index contributed by atoms with van der Waals surface area (Å²) >= 11 is 0. The molecule has 0 spiro atoms. The van der Waals surface area contributed by atoms with Crippen LogP contribution in [0.25, 0.3) is 34.3 Å². The summed E-state index contributed by atoms with van der Waals surface area (Å²) in [6.45, 7) is 0. The molecule has 0 saturated heterocycles. The third-order valence-electron chi connectivity index (χ3n) is 4.20. The fraction of sp³-hybridized carbons (Fsp3) is 0. The van der Waals surface area contributed by atoms with Gasteiger partial charge in [0.1, 0.15) is 0 Å². The monoisotopic (exact) mass is 675 g/mol. The van der Waals surface area contributed by atoms with Crippen LogP contribution in [-0.2, 0) is 20.1 Å². The number of tetrazole rings is 2. The van der Waals surface area contributed by atoms with Gasteiger partial charge in [0.15, 0.2) is 0 Å². The molecule has 5 aromatic heterocycles. The van der Waals surface area contributed by atoms with Crippen LogP contribution in [0, 0.1) is 17.7 Å². The number of halogens is 2. The second kappa shape index (κ2) is 14.0. The Labute approximate surface area is 222 Å². The minimum absolute atomic E-state index is 0. The smallest absolute Gasteiger partial charge is 0.329 e. The van der Waals surface area contributed by atoms with Crippen molar-refractivity contribution < 1.29 is 28.9 Å². The summed E-state index contributed by atoms with van der Waals surface area (Å²) < 4.78 is 25.8. The van der Waals surface area contributed by atoms with Crippen molar-refractivity contribution in [3.05, 3.63) is 103 Å². The first kappa shape index (κ1) is 26.9. The number of pyridine rings is 3. The Morgan fingerprint density at radius 1 is 0.649 bits per heavy atom. The number of aromatic nitrogens is 11. The zero-order chi connectivity index (χ0) is 25.0. The fourth-order valence-corrected chi connectivity index (χ4v) is 2.64. The standard InChI is InChI=1S/C11H6F2N.2C6H4N5.Ir/c12-8-4-5-9(10(13)7-8)11-3-1-2-6-14-11;2*1-2-4-7-5(3-1)6-8-10-11-9-6;/h1-4,6-7H;2*1-4H;/q3*-1;+3. The van der Waals surface area contributed by atoms with E-state index in [0.29, 0.717) is 28.7 Å². The van der Waals surface area contributed by atoms with Crippen molar-refractivity contribution in [2.45, 2.75) is 0 Å². The summed E-state index contributed by atoms with van der Waals surface area (Å²) in [5, 5.41) is 28.0. The van der Waals surface area contributed by atoms with E-state index < -0.39 is 11.6 Å². The average Bonchev–Trinajstić information content (AvgIpc) is 3.66. The average molecular weight is 675 g/mol. The SMILES string of the molecule is Fc1c[c-]c(-c2ccccn2)c(F)c1.[Ir+3].c1ccc(-c2nnn[n-]2)nc1.c1ccc(-c2nnn[n-]2)nc1. The summed E-state index contributed by atoms with van der Waals surface area (Å²) in [7, 11) is 0. The molecule has 0 aliphatic rings. The summed E-state index contributed by atoms with van der Waals surface area (Å²) in [5.74, 6) is -0.359. The van der Waals surface area contributed by atoms with Gasteiger partial charge in [-0.3, -0.25) is 39.4 Å². The number of benzene rings is 1. The Morgan fingerprint density at radius 2 is 1.14 bits per heavy atom. The first-order valence-electron chi connectivity index (χ1n) is 10.2. The molecule has 0 amide bonds. The third kappa shape index (κ3) is 7.92. The third-order valence-corrected chi connectivity index (χ3v) is 4.20. The molecule has 6 aromatic rings. The van der Waals surface area contributed by atoms with Crippen LogP contribution in [0.15, 0.2) is 85.3 Å². The van der Waals surface area contributed by atoms with Gasteiger partial charge in [0.25, 0.3) is 0 Å². The molecule has 1 aromatic carbocycles. The number of nitrogens with zero attached hydrogens (tertiary/aromatic N) is 11. The van der Waals surface area contributed by atoms with Crippen molar-refractivity contribution in [2.75, 3.05) is 0 Å². The maximum atomic E-state index is 13.2. The predicted molar refractivity (Wildman–Crippen MR) is 121 cm³/mol. The molecule has 0 atom stereocenters. The van der Waals surface area contributed by atoms with Crippen molar-refractivity contribution in [1.29, 1.82) is 0 Å². The van der Waals surface area contributed by atoms with Crippen LogP contribution in [0.3, 0.4) is 0 Å². The number of hydrogen-bond donors (Lipinski definition) is 0. The maximum Gasteiger partial charge on any atom is 3.00 e. The van der Waals surface area contributed by atoms with Gasteiger partial charge < -0.3 is 15.2 Å². The minimum Gasteiger partial charge on any atom is -0.329 e. The molecule has 0 aliphatic carbocycles. The number of hydrogen-bond acceptors (Lipinski definition) is 9. The van der Waals surface area contributed by atoms with Crippen LogP contribution in [0.1, 0.15) is 0 Å². The van der Waals surface area contributed by atoms with Crippen LogP contribution in [0.2, 0.25) is 0 Å². The molecule has 0 saturated carbocycles. The quantitative estimate of drug-likeness (QED) is 0.256. The van der Waals surface area contributed by atoms with Crippen molar-refractivity contribution in [1.82, 2.24) is 56.2 Å². The van der Waals surface area contributed by atoms with E-state index in [9.17, 15) is 8.78 Å². The van der Waals surface area contributed by atoms with Crippen molar-refractivity contribution >= 4 is 0 Å². The van der Waals surface area contributed by atoms with Crippen LogP contribution in [0.4, 0.5) is 8.78 Å². The maximum absolute atomic E-state index is 13.2. The summed E-state index contributed by atoms with van der Waals surface area (Å²) in [6.07, 6.45) is 4.89. The summed E-state index contributed by atoms with van der Waals surface area (Å²) in [5.41, 5.74) is 2.02.